The molecule has 0 bridgehead atoms. The highest BCUT2D eigenvalue weighted by Gasteiger charge is 2.23. The van der Waals surface area contributed by atoms with Crippen LogP contribution in [0.2, 0.25) is 0 Å². The van der Waals surface area contributed by atoms with Gasteiger partial charge in [0.2, 0.25) is 5.91 Å². The number of carbonyl (C=O) groups is 2. The summed E-state index contributed by atoms with van der Waals surface area (Å²) < 4.78 is 4.47. The van der Waals surface area contributed by atoms with Gasteiger partial charge in [-0.15, -0.1) is 0 Å². The molecule has 0 aliphatic carbocycles. The van der Waals surface area contributed by atoms with Crippen molar-refractivity contribution in [2.75, 3.05) is 11.9 Å². The molecule has 0 aliphatic rings. The fourth-order valence-electron chi connectivity index (χ4n) is 1.07. The lowest BCUT2D eigenvalue weighted by molar-refractivity contribution is -0.120. The second kappa shape index (κ2) is 5.86. The van der Waals surface area contributed by atoms with E-state index in [9.17, 15) is 9.59 Å². The maximum absolute atomic E-state index is 11.7. The summed E-state index contributed by atoms with van der Waals surface area (Å²) in [7, 11) is 0. The average molecular weight is 315 g/mol. The van der Waals surface area contributed by atoms with E-state index in [1.165, 1.54) is 0 Å². The molecule has 6 heteroatoms. The second-order valence-electron chi connectivity index (χ2n) is 4.21. The minimum Gasteiger partial charge on any atom is -0.484 e. The van der Waals surface area contributed by atoms with Crippen LogP contribution in [0.1, 0.15) is 13.8 Å². The third-order valence-corrected chi connectivity index (χ3v) is 2.39. The molecule has 0 aliphatic heterocycles. The first kappa shape index (κ1) is 14.5. The predicted molar refractivity (Wildman–Crippen MR) is 72.8 cm³/mol. The number of benzene rings is 1. The van der Waals surface area contributed by atoms with E-state index in [0.717, 1.165) is 0 Å². The summed E-state index contributed by atoms with van der Waals surface area (Å²) >= 11 is 3.27. The lowest BCUT2D eigenvalue weighted by atomic mass is 10.2. The van der Waals surface area contributed by atoms with Gasteiger partial charge in [-0.25, -0.2) is 0 Å². The lowest BCUT2D eigenvalue weighted by Gasteiger charge is -2.16. The second-order valence-corrected chi connectivity index (χ2v) is 6.19. The summed E-state index contributed by atoms with van der Waals surface area (Å²) in [6, 6.07) is 6.68. The topological polar surface area (TPSA) is 81.4 Å². The van der Waals surface area contributed by atoms with Crippen LogP contribution in [0.4, 0.5) is 5.69 Å². The van der Waals surface area contributed by atoms with Gasteiger partial charge in [0.15, 0.2) is 6.61 Å². The number of nitrogens with two attached hydrogens (primary N) is 1. The number of ether oxygens (including phenoxy) is 1. The van der Waals surface area contributed by atoms with Gasteiger partial charge in [-0.05, 0) is 38.1 Å². The van der Waals surface area contributed by atoms with Gasteiger partial charge >= 0.3 is 0 Å². The van der Waals surface area contributed by atoms with Crippen LogP contribution in [-0.2, 0) is 9.59 Å². The van der Waals surface area contributed by atoms with Gasteiger partial charge in [-0.3, -0.25) is 9.59 Å². The molecule has 18 heavy (non-hydrogen) atoms. The number of hydrogen-bond acceptors (Lipinski definition) is 3. The number of halogens is 1. The van der Waals surface area contributed by atoms with Crippen molar-refractivity contribution in [1.29, 1.82) is 0 Å². The van der Waals surface area contributed by atoms with Crippen molar-refractivity contribution >= 4 is 33.4 Å². The van der Waals surface area contributed by atoms with E-state index in [0.29, 0.717) is 11.4 Å². The fraction of sp³-hybridized carbons (Fsp3) is 0.333. The standard InChI is InChI=1S/C12H15BrN2O3/c1-12(2,13)11(17)15-8-3-5-9(6-4-8)18-7-10(14)16/h3-6H,7H2,1-2H3,(H2,14,16)(H,15,17). The van der Waals surface area contributed by atoms with Gasteiger partial charge in [0.25, 0.3) is 5.91 Å². The van der Waals surface area contributed by atoms with Crippen LogP contribution < -0.4 is 15.8 Å². The molecular formula is C12H15BrN2O3. The van der Waals surface area contributed by atoms with Gasteiger partial charge < -0.3 is 15.8 Å². The summed E-state index contributed by atoms with van der Waals surface area (Å²) in [5.41, 5.74) is 5.61. The SMILES string of the molecule is CC(C)(Br)C(=O)Nc1ccc(OCC(N)=O)cc1. The molecule has 0 atom stereocenters. The number of nitrogens with one attached hydrogen (secondary N) is 1. The van der Waals surface area contributed by atoms with E-state index in [2.05, 4.69) is 21.2 Å². The first-order valence-electron chi connectivity index (χ1n) is 5.30. The highest BCUT2D eigenvalue weighted by atomic mass is 79.9. The van der Waals surface area contributed by atoms with Crippen molar-refractivity contribution in [3.05, 3.63) is 24.3 Å². The van der Waals surface area contributed by atoms with Crippen molar-refractivity contribution in [2.24, 2.45) is 5.73 Å². The number of rotatable bonds is 5. The highest BCUT2D eigenvalue weighted by Crippen LogP contribution is 2.20. The summed E-state index contributed by atoms with van der Waals surface area (Å²) in [5, 5.41) is 2.74. The van der Waals surface area contributed by atoms with Crippen LogP contribution in [0.3, 0.4) is 0 Å². The highest BCUT2D eigenvalue weighted by molar-refractivity contribution is 9.10. The predicted octanol–water partition coefficient (Wildman–Crippen LogP) is 1.66. The minimum atomic E-state index is -0.631. The number of amides is 2. The quantitative estimate of drug-likeness (QED) is 0.811. The molecule has 0 aromatic heterocycles. The van der Waals surface area contributed by atoms with Gasteiger partial charge in [0.1, 0.15) is 5.75 Å². The van der Waals surface area contributed by atoms with Crippen LogP contribution in [0.5, 0.6) is 5.75 Å². The fourth-order valence-corrected chi connectivity index (χ4v) is 1.17. The number of hydrogen-bond donors (Lipinski definition) is 2. The van der Waals surface area contributed by atoms with Crippen molar-refractivity contribution in [3.8, 4) is 5.75 Å². The first-order chi connectivity index (χ1) is 8.29. The van der Waals surface area contributed by atoms with E-state index in [1.807, 2.05) is 0 Å². The molecule has 5 nitrogen and oxygen atoms in total. The zero-order chi connectivity index (χ0) is 13.8. The van der Waals surface area contributed by atoms with Crippen molar-refractivity contribution in [2.45, 2.75) is 18.2 Å². The molecule has 0 spiro atoms. The molecule has 0 saturated carbocycles. The Morgan fingerprint density at radius 3 is 2.33 bits per heavy atom. The molecule has 3 N–H and O–H groups in total. The van der Waals surface area contributed by atoms with E-state index in [1.54, 1.807) is 38.1 Å². The average Bonchev–Trinajstić information content (AvgIpc) is 2.26. The van der Waals surface area contributed by atoms with Gasteiger partial charge in [0.05, 0.1) is 4.32 Å². The van der Waals surface area contributed by atoms with Crippen LogP contribution in [0.15, 0.2) is 24.3 Å². The van der Waals surface area contributed by atoms with E-state index in [4.69, 9.17) is 10.5 Å². The number of anilines is 1. The molecule has 2 amide bonds. The number of carbonyl (C=O) groups excluding carboxylic acids is 2. The molecule has 0 radical (unpaired) electrons. The zero-order valence-corrected chi connectivity index (χ0v) is 11.8. The maximum Gasteiger partial charge on any atom is 0.255 e. The Kier molecular flexibility index (Phi) is 4.72. The van der Waals surface area contributed by atoms with Gasteiger partial charge in [0, 0.05) is 5.69 Å². The largest absolute Gasteiger partial charge is 0.484 e. The molecule has 98 valence electrons. The molecule has 1 rings (SSSR count). The van der Waals surface area contributed by atoms with Crippen LogP contribution in [-0.4, -0.2) is 22.7 Å². The smallest absolute Gasteiger partial charge is 0.255 e. The molecular weight excluding hydrogens is 300 g/mol. The molecule has 1 aromatic rings. The third-order valence-electron chi connectivity index (χ3n) is 2.03. The van der Waals surface area contributed by atoms with Crippen molar-refractivity contribution in [3.63, 3.8) is 0 Å². The Morgan fingerprint density at radius 2 is 1.89 bits per heavy atom. The molecule has 0 unspecified atom stereocenters. The monoisotopic (exact) mass is 314 g/mol. The lowest BCUT2D eigenvalue weighted by Crippen LogP contribution is -2.30. The Balaban J connectivity index is 2.60. The molecule has 0 fully saturated rings. The summed E-state index contributed by atoms with van der Waals surface area (Å²) in [4.78, 5) is 22.2. The molecule has 1 aromatic carbocycles. The summed E-state index contributed by atoms with van der Waals surface area (Å²) in [5.74, 6) is -0.161. The van der Waals surface area contributed by atoms with Crippen LogP contribution in [0.25, 0.3) is 0 Å². The van der Waals surface area contributed by atoms with E-state index >= 15 is 0 Å². The van der Waals surface area contributed by atoms with E-state index in [-0.39, 0.29) is 12.5 Å². The minimum absolute atomic E-state index is 0.145. The van der Waals surface area contributed by atoms with E-state index < -0.39 is 10.2 Å². The zero-order valence-electron chi connectivity index (χ0n) is 10.2. The Bertz CT molecular complexity index is 438. The Hall–Kier alpha value is -1.56. The number of primary amides is 1. The third kappa shape index (κ3) is 4.75. The maximum atomic E-state index is 11.7. The molecule has 0 saturated heterocycles. The Labute approximate surface area is 114 Å². The Morgan fingerprint density at radius 1 is 1.33 bits per heavy atom. The van der Waals surface area contributed by atoms with Gasteiger partial charge in [-0.1, -0.05) is 15.9 Å². The first-order valence-corrected chi connectivity index (χ1v) is 6.10. The normalized spacial score (nSPS) is 10.8. The number of alkyl halides is 1. The van der Waals surface area contributed by atoms with Crippen molar-refractivity contribution < 1.29 is 14.3 Å². The van der Waals surface area contributed by atoms with Crippen LogP contribution >= 0.6 is 15.9 Å². The van der Waals surface area contributed by atoms with Gasteiger partial charge in [-0.2, -0.15) is 0 Å². The van der Waals surface area contributed by atoms with Crippen molar-refractivity contribution in [1.82, 2.24) is 0 Å². The van der Waals surface area contributed by atoms with Crippen LogP contribution in [0, 0.1) is 0 Å². The summed E-state index contributed by atoms with van der Waals surface area (Å²) in [6.45, 7) is 3.35. The molecule has 0 heterocycles. The summed E-state index contributed by atoms with van der Waals surface area (Å²) in [6.07, 6.45) is 0.